The van der Waals surface area contributed by atoms with Gasteiger partial charge >= 0.3 is 5.97 Å². The summed E-state index contributed by atoms with van der Waals surface area (Å²) < 4.78 is 11.9. The number of ether oxygens (including phenoxy) is 2. The maximum Gasteiger partial charge on any atom is 0.303 e. The van der Waals surface area contributed by atoms with Gasteiger partial charge < -0.3 is 19.7 Å². The van der Waals surface area contributed by atoms with Gasteiger partial charge in [0.15, 0.2) is 17.5 Å². The van der Waals surface area contributed by atoms with Gasteiger partial charge in [0.05, 0.1) is 17.1 Å². The molecule has 0 aromatic heterocycles. The number of fused-ring (bicyclic) bond motifs is 3. The lowest BCUT2D eigenvalue weighted by atomic mass is 9.44. The highest BCUT2D eigenvalue weighted by molar-refractivity contribution is 5.93. The Balaban J connectivity index is 2.35. The number of carbonyl (C=O) groups is 2. The average Bonchev–Trinajstić information content (AvgIpc) is 2.57. The van der Waals surface area contributed by atoms with Crippen molar-refractivity contribution in [2.75, 3.05) is 0 Å². The molecule has 6 atom stereocenters. The molecule has 3 rings (SSSR count). The zero-order valence-electron chi connectivity index (χ0n) is 17.7. The van der Waals surface area contributed by atoms with E-state index in [-0.39, 0.29) is 11.8 Å². The third kappa shape index (κ3) is 2.44. The standard InChI is InChI=1S/C22H32O6/c1-8-19(5)12-16(25)22(26)20(6)14(18(3,4)10-9-15(20)24)11-17(27-13(2)23)21(22,7)28-19/h8,11,15,17,24,26H,1,9-10,12H2,2-7H3/t15-,17-,19-,20+,21+,22+/m0/s1. The minimum atomic E-state index is -2.07. The molecule has 2 aliphatic carbocycles. The molecule has 156 valence electrons. The largest absolute Gasteiger partial charge is 0.455 e. The van der Waals surface area contributed by atoms with Gasteiger partial charge in [-0.05, 0) is 45.1 Å². The predicted molar refractivity (Wildman–Crippen MR) is 103 cm³/mol. The second-order valence-electron chi connectivity index (χ2n) is 9.79. The second kappa shape index (κ2) is 6.00. The van der Waals surface area contributed by atoms with Crippen molar-refractivity contribution < 1.29 is 29.3 Å². The van der Waals surface area contributed by atoms with Gasteiger partial charge in [-0.3, -0.25) is 9.59 Å². The van der Waals surface area contributed by atoms with Gasteiger partial charge in [-0.2, -0.15) is 0 Å². The highest BCUT2D eigenvalue weighted by Gasteiger charge is 2.76. The van der Waals surface area contributed by atoms with E-state index in [1.165, 1.54) is 13.0 Å². The van der Waals surface area contributed by atoms with Crippen LogP contribution in [0.4, 0.5) is 0 Å². The third-order valence-corrected chi connectivity index (χ3v) is 7.41. The van der Waals surface area contributed by atoms with E-state index < -0.39 is 46.2 Å². The van der Waals surface area contributed by atoms with Crippen LogP contribution in [0.5, 0.6) is 0 Å². The van der Waals surface area contributed by atoms with E-state index in [1.54, 1.807) is 26.8 Å². The quantitative estimate of drug-likeness (QED) is 0.554. The number of rotatable bonds is 2. The molecule has 6 heteroatoms. The fraction of sp³-hybridized carbons (Fsp3) is 0.727. The van der Waals surface area contributed by atoms with Gasteiger partial charge in [-0.25, -0.2) is 0 Å². The second-order valence-corrected chi connectivity index (χ2v) is 9.79. The number of esters is 1. The highest BCUT2D eigenvalue weighted by Crippen LogP contribution is 2.64. The van der Waals surface area contributed by atoms with Gasteiger partial charge in [0.25, 0.3) is 0 Å². The number of Topliss-reactive ketones (excluding diaryl/α,β-unsaturated/α-hetero) is 1. The van der Waals surface area contributed by atoms with Crippen LogP contribution >= 0.6 is 0 Å². The zero-order chi connectivity index (χ0) is 21.3. The zero-order valence-corrected chi connectivity index (χ0v) is 17.7. The van der Waals surface area contributed by atoms with Crippen LogP contribution in [0.1, 0.15) is 60.8 Å². The van der Waals surface area contributed by atoms with Crippen molar-refractivity contribution in [3.05, 3.63) is 24.3 Å². The Morgan fingerprint density at radius 3 is 2.46 bits per heavy atom. The van der Waals surface area contributed by atoms with E-state index in [1.807, 2.05) is 13.8 Å². The molecule has 3 aliphatic rings. The normalized spacial score (nSPS) is 47.4. The summed E-state index contributed by atoms with van der Waals surface area (Å²) >= 11 is 0. The molecule has 1 aliphatic heterocycles. The first-order valence-corrected chi connectivity index (χ1v) is 9.85. The Hall–Kier alpha value is -1.50. The summed E-state index contributed by atoms with van der Waals surface area (Å²) in [7, 11) is 0. The van der Waals surface area contributed by atoms with Crippen molar-refractivity contribution in [1.82, 2.24) is 0 Å². The predicted octanol–water partition coefficient (Wildman–Crippen LogP) is 2.47. The Kier molecular flexibility index (Phi) is 4.55. The first-order chi connectivity index (χ1) is 12.7. The molecule has 1 heterocycles. The molecule has 6 nitrogen and oxygen atoms in total. The lowest BCUT2D eigenvalue weighted by molar-refractivity contribution is -0.305. The maximum atomic E-state index is 13.5. The molecule has 0 spiro atoms. The summed E-state index contributed by atoms with van der Waals surface area (Å²) in [6.07, 6.45) is 2.45. The number of ketones is 1. The maximum absolute atomic E-state index is 13.5. The summed E-state index contributed by atoms with van der Waals surface area (Å²) in [5.41, 5.74) is -5.59. The molecular weight excluding hydrogens is 360 g/mol. The Morgan fingerprint density at radius 1 is 1.32 bits per heavy atom. The van der Waals surface area contributed by atoms with Crippen molar-refractivity contribution in [2.45, 2.75) is 89.8 Å². The molecule has 0 aromatic rings. The van der Waals surface area contributed by atoms with Gasteiger partial charge in [0.2, 0.25) is 0 Å². The van der Waals surface area contributed by atoms with Crippen molar-refractivity contribution in [3.63, 3.8) is 0 Å². The minimum absolute atomic E-state index is 0.0780. The number of carbonyl (C=O) groups excluding carboxylic acids is 2. The average molecular weight is 392 g/mol. The van der Waals surface area contributed by atoms with E-state index >= 15 is 0 Å². The molecule has 0 unspecified atom stereocenters. The van der Waals surface area contributed by atoms with Crippen LogP contribution in [0.3, 0.4) is 0 Å². The fourth-order valence-electron chi connectivity index (χ4n) is 5.77. The highest BCUT2D eigenvalue weighted by atomic mass is 16.6. The van der Waals surface area contributed by atoms with Crippen LogP contribution in [-0.4, -0.2) is 51.0 Å². The summed E-state index contributed by atoms with van der Waals surface area (Å²) in [5, 5.41) is 23.1. The number of hydrogen-bond donors (Lipinski definition) is 2. The van der Waals surface area contributed by atoms with E-state index in [9.17, 15) is 19.8 Å². The monoisotopic (exact) mass is 392 g/mol. The lowest BCUT2D eigenvalue weighted by Gasteiger charge is -2.66. The molecule has 2 fully saturated rings. The van der Waals surface area contributed by atoms with Crippen LogP contribution < -0.4 is 0 Å². The Labute approximate surface area is 166 Å². The molecule has 0 aromatic carbocycles. The first-order valence-electron chi connectivity index (χ1n) is 9.85. The Morgan fingerprint density at radius 2 is 1.93 bits per heavy atom. The van der Waals surface area contributed by atoms with Crippen molar-refractivity contribution in [3.8, 4) is 0 Å². The lowest BCUT2D eigenvalue weighted by Crippen LogP contribution is -2.81. The van der Waals surface area contributed by atoms with Gasteiger partial charge in [-0.15, -0.1) is 6.58 Å². The van der Waals surface area contributed by atoms with E-state index in [0.29, 0.717) is 12.8 Å². The molecule has 28 heavy (non-hydrogen) atoms. The molecule has 1 saturated carbocycles. The van der Waals surface area contributed by atoms with E-state index in [4.69, 9.17) is 9.47 Å². The Bertz CT molecular complexity index is 769. The number of aliphatic hydroxyl groups excluding tert-OH is 1. The van der Waals surface area contributed by atoms with E-state index in [0.717, 1.165) is 5.57 Å². The van der Waals surface area contributed by atoms with Gasteiger partial charge in [-0.1, -0.05) is 25.5 Å². The smallest absolute Gasteiger partial charge is 0.303 e. The topological polar surface area (TPSA) is 93.1 Å². The van der Waals surface area contributed by atoms with Gasteiger partial charge in [0, 0.05) is 13.3 Å². The third-order valence-electron chi connectivity index (χ3n) is 7.41. The van der Waals surface area contributed by atoms with Crippen LogP contribution in [-0.2, 0) is 19.1 Å². The van der Waals surface area contributed by atoms with E-state index in [2.05, 4.69) is 6.58 Å². The summed E-state index contributed by atoms with van der Waals surface area (Å²) in [6.45, 7) is 14.1. The van der Waals surface area contributed by atoms with Crippen molar-refractivity contribution >= 4 is 11.8 Å². The van der Waals surface area contributed by atoms with Gasteiger partial charge in [0.1, 0.15) is 5.60 Å². The fourth-order valence-corrected chi connectivity index (χ4v) is 5.77. The molecule has 2 N–H and O–H groups in total. The summed E-state index contributed by atoms with van der Waals surface area (Å²) in [6, 6.07) is 0. The molecular formula is C22H32O6. The van der Waals surface area contributed by atoms with Crippen LogP contribution in [0.15, 0.2) is 24.3 Å². The summed E-state index contributed by atoms with van der Waals surface area (Å²) in [4.78, 5) is 25.4. The van der Waals surface area contributed by atoms with Crippen molar-refractivity contribution in [2.24, 2.45) is 10.8 Å². The molecule has 0 amide bonds. The van der Waals surface area contributed by atoms with Crippen LogP contribution in [0.2, 0.25) is 0 Å². The molecule has 0 radical (unpaired) electrons. The number of hydrogen-bond acceptors (Lipinski definition) is 6. The van der Waals surface area contributed by atoms with Crippen LogP contribution in [0, 0.1) is 10.8 Å². The van der Waals surface area contributed by atoms with Crippen molar-refractivity contribution in [1.29, 1.82) is 0 Å². The first kappa shape index (κ1) is 21.2. The number of aliphatic hydroxyl groups is 2. The van der Waals surface area contributed by atoms with Crippen LogP contribution in [0.25, 0.3) is 0 Å². The molecule has 0 bridgehead atoms. The summed E-state index contributed by atoms with van der Waals surface area (Å²) in [5.74, 6) is -0.976. The molecule has 1 saturated heterocycles. The minimum Gasteiger partial charge on any atom is -0.455 e. The SMILES string of the molecule is C=C[C@@]1(C)CC(=O)[C@]2(O)[C@](C)(O1)[C@@H](OC(C)=O)C=C1C(C)(C)CC[C@H](O)[C@@]12C.